The number of unbranched alkanes of at least 4 members (excludes halogenated alkanes) is 4. The Morgan fingerprint density at radius 3 is 2.56 bits per heavy atom. The second-order valence-electron chi connectivity index (χ2n) is 4.25. The number of methoxy groups -OCH3 is 1. The number of rotatable bonds is 8. The fraction of sp³-hybridized carbons (Fsp3) is 0.533. The van der Waals surface area contributed by atoms with Crippen molar-refractivity contribution in [1.29, 1.82) is 0 Å². The highest BCUT2D eigenvalue weighted by molar-refractivity contribution is 5.92. The molecule has 0 N–H and O–H groups in total. The molecule has 1 aromatic carbocycles. The van der Waals surface area contributed by atoms with Crippen molar-refractivity contribution in [2.24, 2.45) is 0 Å². The van der Waals surface area contributed by atoms with Crippen molar-refractivity contribution in [2.45, 2.75) is 39.0 Å². The van der Waals surface area contributed by atoms with Gasteiger partial charge in [0.05, 0.1) is 13.7 Å². The summed E-state index contributed by atoms with van der Waals surface area (Å²) in [6.07, 6.45) is 5.97. The van der Waals surface area contributed by atoms with Crippen LogP contribution >= 0.6 is 0 Å². The highest BCUT2D eigenvalue weighted by Crippen LogP contribution is 2.19. The van der Waals surface area contributed by atoms with Gasteiger partial charge >= 0.3 is 5.97 Å². The van der Waals surface area contributed by atoms with Gasteiger partial charge in [0.1, 0.15) is 11.3 Å². The van der Waals surface area contributed by atoms with Gasteiger partial charge in [0, 0.05) is 0 Å². The van der Waals surface area contributed by atoms with Crippen LogP contribution in [0.3, 0.4) is 0 Å². The van der Waals surface area contributed by atoms with Gasteiger partial charge in [-0.25, -0.2) is 4.79 Å². The zero-order valence-electron chi connectivity index (χ0n) is 11.3. The quantitative estimate of drug-likeness (QED) is 0.519. The first-order valence-corrected chi connectivity index (χ1v) is 6.59. The minimum Gasteiger partial charge on any atom is -0.493 e. The fourth-order valence-electron chi connectivity index (χ4n) is 1.76. The normalized spacial score (nSPS) is 10.1. The first-order valence-electron chi connectivity index (χ1n) is 6.59. The summed E-state index contributed by atoms with van der Waals surface area (Å²) in [5.41, 5.74) is 0.494. The van der Waals surface area contributed by atoms with E-state index in [-0.39, 0.29) is 5.97 Å². The summed E-state index contributed by atoms with van der Waals surface area (Å²) in [5.74, 6) is 0.261. The zero-order chi connectivity index (χ0) is 13.2. The van der Waals surface area contributed by atoms with Gasteiger partial charge in [-0.15, -0.1) is 0 Å². The molecule has 0 aliphatic carbocycles. The van der Waals surface area contributed by atoms with Gasteiger partial charge in [-0.2, -0.15) is 0 Å². The number of hydrogen-bond acceptors (Lipinski definition) is 3. The van der Waals surface area contributed by atoms with Crippen LogP contribution in [0.4, 0.5) is 0 Å². The highest BCUT2D eigenvalue weighted by atomic mass is 16.5. The van der Waals surface area contributed by atoms with E-state index in [0.717, 1.165) is 6.42 Å². The molecule has 0 amide bonds. The summed E-state index contributed by atoms with van der Waals surface area (Å²) in [6, 6.07) is 7.19. The van der Waals surface area contributed by atoms with Crippen molar-refractivity contribution < 1.29 is 14.3 Å². The summed E-state index contributed by atoms with van der Waals surface area (Å²) in [5, 5.41) is 0. The van der Waals surface area contributed by atoms with E-state index in [0.29, 0.717) is 17.9 Å². The van der Waals surface area contributed by atoms with Gasteiger partial charge in [0.15, 0.2) is 0 Å². The van der Waals surface area contributed by atoms with E-state index >= 15 is 0 Å². The molecule has 0 aliphatic rings. The molecule has 0 fully saturated rings. The van der Waals surface area contributed by atoms with Crippen LogP contribution < -0.4 is 4.74 Å². The molecule has 0 radical (unpaired) electrons. The summed E-state index contributed by atoms with van der Waals surface area (Å²) in [6.45, 7) is 2.85. The molecule has 0 aromatic heterocycles. The number of ether oxygens (including phenoxy) is 2. The van der Waals surface area contributed by atoms with E-state index in [9.17, 15) is 4.79 Å². The standard InChI is InChI=1S/C15H22O3/c1-3-4-5-6-9-12-18-14-11-8-7-10-13(14)15(16)17-2/h7-8,10-11H,3-6,9,12H2,1-2H3. The van der Waals surface area contributed by atoms with Crippen molar-refractivity contribution >= 4 is 5.97 Å². The van der Waals surface area contributed by atoms with E-state index in [1.54, 1.807) is 18.2 Å². The Balaban J connectivity index is 2.39. The van der Waals surface area contributed by atoms with Crippen LogP contribution in [0.2, 0.25) is 0 Å². The summed E-state index contributed by atoms with van der Waals surface area (Å²) >= 11 is 0. The number of carbonyl (C=O) groups excluding carboxylic acids is 1. The minimum absolute atomic E-state index is 0.350. The van der Waals surface area contributed by atoms with E-state index in [2.05, 4.69) is 6.92 Å². The monoisotopic (exact) mass is 250 g/mol. The molecule has 1 rings (SSSR count). The summed E-state index contributed by atoms with van der Waals surface area (Å²) < 4.78 is 10.4. The van der Waals surface area contributed by atoms with E-state index in [1.807, 2.05) is 6.07 Å². The molecule has 0 atom stereocenters. The molecule has 0 spiro atoms. The average Bonchev–Trinajstić information content (AvgIpc) is 2.42. The maximum atomic E-state index is 11.5. The Morgan fingerprint density at radius 2 is 1.83 bits per heavy atom. The smallest absolute Gasteiger partial charge is 0.341 e. The molecule has 0 saturated heterocycles. The second kappa shape index (κ2) is 8.56. The molecule has 0 unspecified atom stereocenters. The first-order chi connectivity index (χ1) is 8.79. The number of hydrogen-bond donors (Lipinski definition) is 0. The van der Waals surface area contributed by atoms with Crippen LogP contribution in [0.25, 0.3) is 0 Å². The van der Waals surface area contributed by atoms with Gasteiger partial charge in [0.25, 0.3) is 0 Å². The maximum absolute atomic E-state index is 11.5. The Morgan fingerprint density at radius 1 is 1.11 bits per heavy atom. The van der Waals surface area contributed by atoms with E-state index in [1.165, 1.54) is 32.8 Å². The van der Waals surface area contributed by atoms with Crippen LogP contribution in [0.15, 0.2) is 24.3 Å². The number of para-hydroxylation sites is 1. The molecule has 0 aliphatic heterocycles. The lowest BCUT2D eigenvalue weighted by Gasteiger charge is -2.09. The molecule has 0 bridgehead atoms. The van der Waals surface area contributed by atoms with Crippen LogP contribution in [0.1, 0.15) is 49.4 Å². The first kappa shape index (κ1) is 14.6. The van der Waals surface area contributed by atoms with Crippen LogP contribution in [-0.4, -0.2) is 19.7 Å². The summed E-state index contributed by atoms with van der Waals surface area (Å²) in [4.78, 5) is 11.5. The molecular formula is C15H22O3. The molecular weight excluding hydrogens is 228 g/mol. The molecule has 0 saturated carbocycles. The second-order valence-corrected chi connectivity index (χ2v) is 4.25. The van der Waals surface area contributed by atoms with E-state index < -0.39 is 0 Å². The summed E-state index contributed by atoms with van der Waals surface area (Å²) in [7, 11) is 1.38. The third-order valence-corrected chi connectivity index (χ3v) is 2.80. The van der Waals surface area contributed by atoms with Gasteiger partial charge in [0.2, 0.25) is 0 Å². The molecule has 1 aromatic rings. The van der Waals surface area contributed by atoms with Crippen molar-refractivity contribution in [1.82, 2.24) is 0 Å². The third-order valence-electron chi connectivity index (χ3n) is 2.80. The Hall–Kier alpha value is -1.51. The molecule has 0 heterocycles. The zero-order valence-corrected chi connectivity index (χ0v) is 11.3. The minimum atomic E-state index is -0.350. The van der Waals surface area contributed by atoms with Gasteiger partial charge in [-0.3, -0.25) is 0 Å². The SMILES string of the molecule is CCCCCCCOc1ccccc1C(=O)OC. The van der Waals surface area contributed by atoms with Crippen LogP contribution in [0, 0.1) is 0 Å². The Kier molecular flexibility index (Phi) is 6.92. The lowest BCUT2D eigenvalue weighted by atomic mass is 10.1. The van der Waals surface area contributed by atoms with Crippen molar-refractivity contribution in [3.05, 3.63) is 29.8 Å². The molecule has 3 heteroatoms. The average molecular weight is 250 g/mol. The van der Waals surface area contributed by atoms with Crippen LogP contribution in [-0.2, 0) is 4.74 Å². The largest absolute Gasteiger partial charge is 0.493 e. The molecule has 100 valence electrons. The predicted molar refractivity (Wildman–Crippen MR) is 72.0 cm³/mol. The van der Waals surface area contributed by atoms with Crippen molar-refractivity contribution in [2.75, 3.05) is 13.7 Å². The topological polar surface area (TPSA) is 35.5 Å². The lowest BCUT2D eigenvalue weighted by molar-refractivity contribution is 0.0596. The van der Waals surface area contributed by atoms with Gasteiger partial charge < -0.3 is 9.47 Å². The number of esters is 1. The van der Waals surface area contributed by atoms with Crippen LogP contribution in [0.5, 0.6) is 5.75 Å². The van der Waals surface area contributed by atoms with E-state index in [4.69, 9.17) is 9.47 Å². The number of benzene rings is 1. The third kappa shape index (κ3) is 4.78. The Labute approximate surface area is 109 Å². The molecule has 3 nitrogen and oxygen atoms in total. The molecule has 18 heavy (non-hydrogen) atoms. The van der Waals surface area contributed by atoms with Gasteiger partial charge in [-0.1, -0.05) is 44.7 Å². The maximum Gasteiger partial charge on any atom is 0.341 e. The van der Waals surface area contributed by atoms with Crippen molar-refractivity contribution in [3.63, 3.8) is 0 Å². The fourth-order valence-corrected chi connectivity index (χ4v) is 1.76. The predicted octanol–water partition coefficient (Wildman–Crippen LogP) is 3.82. The Bertz CT molecular complexity index is 361. The van der Waals surface area contributed by atoms with Crippen molar-refractivity contribution in [3.8, 4) is 5.75 Å². The lowest BCUT2D eigenvalue weighted by Crippen LogP contribution is -2.06. The van der Waals surface area contributed by atoms with Gasteiger partial charge in [-0.05, 0) is 18.6 Å². The highest BCUT2D eigenvalue weighted by Gasteiger charge is 2.11. The number of carbonyl (C=O) groups is 1.